The number of sulfonamides is 1. The van der Waals surface area contributed by atoms with Crippen molar-refractivity contribution < 1.29 is 18.3 Å². The van der Waals surface area contributed by atoms with Crippen LogP contribution in [-0.4, -0.2) is 43.6 Å². The van der Waals surface area contributed by atoms with Crippen LogP contribution >= 0.6 is 11.8 Å². The Labute approximate surface area is 122 Å². The number of hydrogen-bond donors (Lipinski definition) is 2. The van der Waals surface area contributed by atoms with Crippen LogP contribution in [0.2, 0.25) is 0 Å². The van der Waals surface area contributed by atoms with Crippen LogP contribution in [0.25, 0.3) is 0 Å². The van der Waals surface area contributed by atoms with Crippen molar-refractivity contribution in [3.63, 3.8) is 0 Å². The normalized spacial score (nSPS) is 19.9. The first-order valence-corrected chi connectivity index (χ1v) is 8.75. The number of primary sulfonamides is 1. The van der Waals surface area contributed by atoms with E-state index in [-0.39, 0.29) is 16.5 Å². The summed E-state index contributed by atoms with van der Waals surface area (Å²) in [7, 11) is -3.91. The molecule has 1 aliphatic heterocycles. The summed E-state index contributed by atoms with van der Waals surface area (Å²) in [6.07, 6.45) is 0. The molecule has 6 nitrogen and oxygen atoms in total. The molecule has 0 aliphatic carbocycles. The smallest absolute Gasteiger partial charge is 0.337 e. The second-order valence-electron chi connectivity index (χ2n) is 4.65. The van der Waals surface area contributed by atoms with Gasteiger partial charge in [0.05, 0.1) is 16.1 Å². The van der Waals surface area contributed by atoms with Gasteiger partial charge in [0.2, 0.25) is 10.0 Å². The minimum Gasteiger partial charge on any atom is -0.478 e. The van der Waals surface area contributed by atoms with Crippen LogP contribution in [-0.2, 0) is 10.0 Å². The Morgan fingerprint density at radius 3 is 2.75 bits per heavy atom. The Kier molecular flexibility index (Phi) is 4.26. The van der Waals surface area contributed by atoms with Crippen LogP contribution in [0.4, 0.5) is 5.69 Å². The first-order chi connectivity index (χ1) is 9.30. The summed E-state index contributed by atoms with van der Waals surface area (Å²) in [4.78, 5) is 13.2. The van der Waals surface area contributed by atoms with Crippen molar-refractivity contribution in [1.29, 1.82) is 0 Å². The number of nitrogens with zero attached hydrogens (tertiary/aromatic N) is 1. The van der Waals surface area contributed by atoms with Crippen molar-refractivity contribution in [1.82, 2.24) is 0 Å². The number of carboxylic acids is 1. The molecule has 3 N–H and O–H groups in total. The van der Waals surface area contributed by atoms with E-state index in [1.165, 1.54) is 12.1 Å². The Hall–Kier alpha value is -1.25. The van der Waals surface area contributed by atoms with Gasteiger partial charge in [-0.3, -0.25) is 0 Å². The summed E-state index contributed by atoms with van der Waals surface area (Å²) in [5.74, 6) is 0.673. The summed E-state index contributed by atoms with van der Waals surface area (Å²) >= 11 is 1.82. The lowest BCUT2D eigenvalue weighted by Gasteiger charge is -2.35. The van der Waals surface area contributed by atoms with Gasteiger partial charge in [0.15, 0.2) is 0 Å². The zero-order valence-corrected chi connectivity index (χ0v) is 12.6. The highest BCUT2D eigenvalue weighted by Crippen LogP contribution is 2.29. The van der Waals surface area contributed by atoms with Crippen LogP contribution in [0.15, 0.2) is 23.1 Å². The molecule has 1 atom stereocenters. The second-order valence-corrected chi connectivity index (χ2v) is 7.36. The first kappa shape index (κ1) is 15.1. The molecule has 1 aliphatic rings. The molecular weight excluding hydrogens is 300 g/mol. The molecule has 1 heterocycles. The van der Waals surface area contributed by atoms with Crippen LogP contribution in [0.5, 0.6) is 0 Å². The predicted octanol–water partition coefficient (Wildman–Crippen LogP) is 0.974. The molecule has 8 heteroatoms. The van der Waals surface area contributed by atoms with Gasteiger partial charge in [-0.2, -0.15) is 11.8 Å². The van der Waals surface area contributed by atoms with Crippen LogP contribution in [0.3, 0.4) is 0 Å². The van der Waals surface area contributed by atoms with Gasteiger partial charge in [-0.25, -0.2) is 18.4 Å². The van der Waals surface area contributed by atoms with Gasteiger partial charge >= 0.3 is 5.97 Å². The molecule has 1 saturated heterocycles. The Bertz CT molecular complexity index is 630. The number of carbonyl (C=O) groups is 1. The molecule has 1 aromatic carbocycles. The fourth-order valence-electron chi connectivity index (χ4n) is 2.20. The first-order valence-electron chi connectivity index (χ1n) is 6.05. The zero-order chi connectivity index (χ0) is 14.9. The van der Waals surface area contributed by atoms with Crippen LogP contribution in [0.1, 0.15) is 17.3 Å². The molecule has 20 heavy (non-hydrogen) atoms. The number of carboxylic acid groups (broad SMARTS) is 1. The fraction of sp³-hybridized carbons (Fsp3) is 0.417. The molecular formula is C12H16N2O4S2. The lowest BCUT2D eigenvalue weighted by atomic mass is 10.1. The average Bonchev–Trinajstić information content (AvgIpc) is 2.37. The van der Waals surface area contributed by atoms with Crippen molar-refractivity contribution in [3.8, 4) is 0 Å². The van der Waals surface area contributed by atoms with Gasteiger partial charge in [0.1, 0.15) is 0 Å². The number of rotatable bonds is 3. The molecule has 0 radical (unpaired) electrons. The topological polar surface area (TPSA) is 101 Å². The van der Waals surface area contributed by atoms with Crippen molar-refractivity contribution in [2.24, 2.45) is 5.14 Å². The Morgan fingerprint density at radius 1 is 1.50 bits per heavy atom. The van der Waals surface area contributed by atoms with E-state index in [9.17, 15) is 18.3 Å². The van der Waals surface area contributed by atoms with Gasteiger partial charge in [-0.05, 0) is 25.1 Å². The number of anilines is 1. The summed E-state index contributed by atoms with van der Waals surface area (Å²) in [6.45, 7) is 2.76. The molecule has 1 unspecified atom stereocenters. The third kappa shape index (κ3) is 3.08. The Morgan fingerprint density at radius 2 is 2.20 bits per heavy atom. The summed E-state index contributed by atoms with van der Waals surface area (Å²) < 4.78 is 22.7. The molecule has 1 aromatic rings. The van der Waals surface area contributed by atoms with Gasteiger partial charge in [-0.1, -0.05) is 0 Å². The average molecular weight is 316 g/mol. The molecule has 2 rings (SSSR count). The van der Waals surface area contributed by atoms with E-state index in [4.69, 9.17) is 5.14 Å². The van der Waals surface area contributed by atoms with Crippen molar-refractivity contribution in [2.45, 2.75) is 17.9 Å². The standard InChI is InChI=1S/C12H16N2O4S2/c1-8-7-19-5-4-14(8)11-3-2-9(20(13,17)18)6-10(11)12(15)16/h2-3,6,8H,4-5,7H2,1H3,(H,15,16)(H2,13,17,18). The van der Waals surface area contributed by atoms with Gasteiger partial charge < -0.3 is 10.0 Å². The zero-order valence-electron chi connectivity index (χ0n) is 10.9. The SMILES string of the molecule is CC1CSCCN1c1ccc(S(N)(=O)=O)cc1C(=O)O. The summed E-state index contributed by atoms with van der Waals surface area (Å²) in [6, 6.07) is 4.20. The maximum atomic E-state index is 11.4. The Balaban J connectivity index is 2.50. The minimum absolute atomic E-state index is 0.0322. The quantitative estimate of drug-likeness (QED) is 0.862. The van der Waals surface area contributed by atoms with E-state index in [1.807, 2.05) is 23.6 Å². The molecule has 110 valence electrons. The maximum Gasteiger partial charge on any atom is 0.337 e. The van der Waals surface area contributed by atoms with Crippen LogP contribution in [0, 0.1) is 0 Å². The second kappa shape index (κ2) is 5.63. The molecule has 0 spiro atoms. The van der Waals surface area contributed by atoms with Gasteiger partial charge in [-0.15, -0.1) is 0 Å². The molecule has 0 amide bonds. The van der Waals surface area contributed by atoms with E-state index < -0.39 is 16.0 Å². The van der Waals surface area contributed by atoms with Gasteiger partial charge in [0.25, 0.3) is 0 Å². The van der Waals surface area contributed by atoms with E-state index in [1.54, 1.807) is 0 Å². The number of thioether (sulfide) groups is 1. The molecule has 0 bridgehead atoms. The third-order valence-electron chi connectivity index (χ3n) is 3.20. The van der Waals surface area contributed by atoms with Crippen molar-refractivity contribution in [2.75, 3.05) is 23.0 Å². The third-order valence-corrected chi connectivity index (χ3v) is 5.30. The molecule has 1 fully saturated rings. The van der Waals surface area contributed by atoms with E-state index >= 15 is 0 Å². The van der Waals surface area contributed by atoms with Crippen LogP contribution < -0.4 is 10.0 Å². The predicted molar refractivity (Wildman–Crippen MR) is 78.9 cm³/mol. The number of aromatic carboxylic acids is 1. The summed E-state index contributed by atoms with van der Waals surface area (Å²) in [5, 5.41) is 14.3. The lowest BCUT2D eigenvalue weighted by Crippen LogP contribution is -2.41. The molecule has 0 aromatic heterocycles. The highest BCUT2D eigenvalue weighted by atomic mass is 32.2. The van der Waals surface area contributed by atoms with Gasteiger partial charge in [0, 0.05) is 24.1 Å². The van der Waals surface area contributed by atoms with E-state index in [0.717, 1.165) is 24.1 Å². The van der Waals surface area contributed by atoms with Crippen molar-refractivity contribution in [3.05, 3.63) is 23.8 Å². The largest absolute Gasteiger partial charge is 0.478 e. The van der Waals surface area contributed by atoms with E-state index in [0.29, 0.717) is 5.69 Å². The number of hydrogen-bond acceptors (Lipinski definition) is 5. The van der Waals surface area contributed by atoms with E-state index in [2.05, 4.69) is 0 Å². The number of benzene rings is 1. The monoisotopic (exact) mass is 316 g/mol. The fourth-order valence-corrected chi connectivity index (χ4v) is 3.75. The molecule has 0 saturated carbocycles. The lowest BCUT2D eigenvalue weighted by molar-refractivity contribution is 0.0697. The number of nitrogens with two attached hydrogens (primary N) is 1. The maximum absolute atomic E-state index is 11.4. The van der Waals surface area contributed by atoms with Crippen molar-refractivity contribution >= 4 is 33.4 Å². The summed E-state index contributed by atoms with van der Waals surface area (Å²) in [5.41, 5.74) is 0.507. The highest BCUT2D eigenvalue weighted by molar-refractivity contribution is 7.99. The highest BCUT2D eigenvalue weighted by Gasteiger charge is 2.24. The minimum atomic E-state index is -3.91.